The molecule has 0 unspecified atom stereocenters. The topological polar surface area (TPSA) is 71.1 Å². The lowest BCUT2D eigenvalue weighted by atomic mass is 9.82. The Morgan fingerprint density at radius 1 is 0.645 bits per heavy atom. The van der Waals surface area contributed by atoms with Gasteiger partial charge < -0.3 is 18.9 Å². The van der Waals surface area contributed by atoms with Gasteiger partial charge in [0.25, 0.3) is 0 Å². The molecule has 0 spiro atoms. The first-order valence-corrected chi connectivity index (χ1v) is 9.67. The van der Waals surface area contributed by atoms with Crippen LogP contribution >= 0.6 is 0 Å². The number of hydrogen-bond donors (Lipinski definition) is 0. The van der Waals surface area contributed by atoms with E-state index >= 15 is 0 Å². The van der Waals surface area contributed by atoms with Crippen LogP contribution in [0.25, 0.3) is 12.2 Å². The van der Waals surface area contributed by atoms with Crippen molar-refractivity contribution in [2.24, 2.45) is 5.41 Å². The number of ketones is 2. The molecule has 0 radical (unpaired) electrons. The number of allylic oxidation sites excluding steroid dienone is 2. The van der Waals surface area contributed by atoms with Crippen molar-refractivity contribution >= 4 is 23.7 Å². The third-order valence-electron chi connectivity index (χ3n) is 4.97. The van der Waals surface area contributed by atoms with Gasteiger partial charge in [0, 0.05) is 0 Å². The van der Waals surface area contributed by atoms with E-state index in [1.54, 1.807) is 90.8 Å². The lowest BCUT2D eigenvalue weighted by Crippen LogP contribution is -2.30. The van der Waals surface area contributed by atoms with Crippen molar-refractivity contribution in [3.05, 3.63) is 59.7 Å². The van der Waals surface area contributed by atoms with Gasteiger partial charge >= 0.3 is 0 Å². The molecule has 0 atom stereocenters. The summed E-state index contributed by atoms with van der Waals surface area (Å²) in [5.41, 5.74) is -0.0193. The second-order valence-corrected chi connectivity index (χ2v) is 7.17. The molecule has 0 saturated heterocycles. The third kappa shape index (κ3) is 5.34. The van der Waals surface area contributed by atoms with Crippen LogP contribution in [0.5, 0.6) is 23.0 Å². The highest BCUT2D eigenvalue weighted by atomic mass is 16.5. The average Bonchev–Trinajstić information content (AvgIpc) is 2.79. The van der Waals surface area contributed by atoms with Gasteiger partial charge in [-0.3, -0.25) is 9.59 Å². The first-order chi connectivity index (χ1) is 14.8. The van der Waals surface area contributed by atoms with Gasteiger partial charge in [-0.25, -0.2) is 0 Å². The van der Waals surface area contributed by atoms with Crippen molar-refractivity contribution in [1.29, 1.82) is 0 Å². The molecular weight excluding hydrogens is 396 g/mol. The molecule has 0 N–H and O–H groups in total. The van der Waals surface area contributed by atoms with E-state index in [0.29, 0.717) is 34.1 Å². The van der Waals surface area contributed by atoms with Crippen molar-refractivity contribution in [2.75, 3.05) is 28.4 Å². The Balaban J connectivity index is 2.28. The van der Waals surface area contributed by atoms with Gasteiger partial charge in [0.2, 0.25) is 0 Å². The van der Waals surface area contributed by atoms with Crippen LogP contribution in [0.1, 0.15) is 25.0 Å². The van der Waals surface area contributed by atoms with Gasteiger partial charge in [0.05, 0.1) is 45.0 Å². The first kappa shape index (κ1) is 23.7. The number of hydrogen-bond acceptors (Lipinski definition) is 6. The van der Waals surface area contributed by atoms with Gasteiger partial charge in [-0.1, -0.05) is 12.1 Å². The Morgan fingerprint density at radius 3 is 1.19 bits per heavy atom. The predicted molar refractivity (Wildman–Crippen MR) is 121 cm³/mol. The quantitative estimate of drug-likeness (QED) is 0.410. The molecule has 2 rings (SSSR count). The van der Waals surface area contributed by atoms with E-state index in [1.165, 1.54) is 12.2 Å². The molecule has 0 aliphatic rings. The minimum absolute atomic E-state index is 0.345. The van der Waals surface area contributed by atoms with Crippen molar-refractivity contribution in [1.82, 2.24) is 0 Å². The summed E-state index contributed by atoms with van der Waals surface area (Å²) in [5, 5.41) is 0. The van der Waals surface area contributed by atoms with Crippen molar-refractivity contribution in [3.8, 4) is 23.0 Å². The summed E-state index contributed by atoms with van der Waals surface area (Å²) in [5.74, 6) is 1.57. The maximum atomic E-state index is 12.9. The summed E-state index contributed by atoms with van der Waals surface area (Å²) in [6.07, 6.45) is 5.94. The SMILES string of the molecule is COc1cccc(OC)c1/C=C/C(=O)C(C)(C)C(=O)/C=C/c1c(OC)cccc1OC. The molecule has 164 valence electrons. The maximum absolute atomic E-state index is 12.9. The maximum Gasteiger partial charge on any atom is 0.169 e. The Bertz CT molecular complexity index is 877. The number of carbonyl (C=O) groups excluding carboxylic acids is 2. The molecule has 6 nitrogen and oxygen atoms in total. The fourth-order valence-corrected chi connectivity index (χ4v) is 2.94. The molecule has 2 aromatic carbocycles. The second kappa shape index (κ2) is 10.5. The lowest BCUT2D eigenvalue weighted by Gasteiger charge is -2.18. The molecule has 0 fully saturated rings. The van der Waals surface area contributed by atoms with E-state index in [9.17, 15) is 9.59 Å². The molecule has 0 aliphatic heterocycles. The van der Waals surface area contributed by atoms with E-state index in [4.69, 9.17) is 18.9 Å². The van der Waals surface area contributed by atoms with E-state index in [2.05, 4.69) is 0 Å². The Hall–Kier alpha value is -3.54. The summed E-state index contributed by atoms with van der Waals surface area (Å²) in [6, 6.07) is 10.7. The summed E-state index contributed by atoms with van der Waals surface area (Å²) < 4.78 is 21.4. The Kier molecular flexibility index (Phi) is 8.02. The van der Waals surface area contributed by atoms with Crippen molar-refractivity contribution in [3.63, 3.8) is 0 Å². The van der Waals surface area contributed by atoms with Crippen LogP contribution in [0.3, 0.4) is 0 Å². The van der Waals surface area contributed by atoms with Crippen LogP contribution in [-0.4, -0.2) is 40.0 Å². The highest BCUT2D eigenvalue weighted by Crippen LogP contribution is 2.32. The second-order valence-electron chi connectivity index (χ2n) is 7.17. The van der Waals surface area contributed by atoms with Gasteiger partial charge in [-0.15, -0.1) is 0 Å². The van der Waals surface area contributed by atoms with Crippen LogP contribution in [0.15, 0.2) is 48.6 Å². The van der Waals surface area contributed by atoms with Crippen LogP contribution in [0.2, 0.25) is 0 Å². The molecule has 0 aliphatic carbocycles. The molecule has 0 saturated carbocycles. The fraction of sp³-hybridized carbons (Fsp3) is 0.280. The summed E-state index contributed by atoms with van der Waals surface area (Å²) >= 11 is 0. The van der Waals surface area contributed by atoms with Crippen LogP contribution in [0.4, 0.5) is 0 Å². The summed E-state index contributed by atoms with van der Waals surface area (Å²) in [4.78, 5) is 25.7. The standard InChI is InChI=1S/C25H28O6/c1-25(2,23(26)15-13-17-19(28-3)9-7-10-20(17)29-4)24(27)16-14-18-21(30-5)11-8-12-22(18)31-6/h7-16H,1-6H3/b15-13+,16-14+. The van der Waals surface area contributed by atoms with Crippen LogP contribution in [0, 0.1) is 5.41 Å². The summed E-state index contributed by atoms with van der Waals surface area (Å²) in [7, 11) is 6.16. The number of ether oxygens (including phenoxy) is 4. The third-order valence-corrected chi connectivity index (χ3v) is 4.97. The zero-order chi connectivity index (χ0) is 23.0. The number of rotatable bonds is 10. The Labute approximate surface area is 183 Å². The largest absolute Gasteiger partial charge is 0.496 e. The number of methoxy groups -OCH3 is 4. The minimum Gasteiger partial charge on any atom is -0.496 e. The van der Waals surface area contributed by atoms with Crippen LogP contribution in [-0.2, 0) is 9.59 Å². The zero-order valence-electron chi connectivity index (χ0n) is 18.7. The summed E-state index contributed by atoms with van der Waals surface area (Å²) in [6.45, 7) is 3.18. The average molecular weight is 424 g/mol. The van der Waals surface area contributed by atoms with Crippen molar-refractivity contribution in [2.45, 2.75) is 13.8 Å². The monoisotopic (exact) mass is 424 g/mol. The normalized spacial score (nSPS) is 11.5. The van der Waals surface area contributed by atoms with Gasteiger partial charge in [-0.2, -0.15) is 0 Å². The molecule has 2 aromatic rings. The van der Waals surface area contributed by atoms with Gasteiger partial charge in [-0.05, 0) is 62.4 Å². The van der Waals surface area contributed by atoms with Crippen LogP contribution < -0.4 is 18.9 Å². The first-order valence-electron chi connectivity index (χ1n) is 9.67. The Morgan fingerprint density at radius 2 is 0.935 bits per heavy atom. The highest BCUT2D eigenvalue weighted by molar-refractivity contribution is 6.16. The van der Waals surface area contributed by atoms with E-state index < -0.39 is 5.41 Å². The van der Waals surface area contributed by atoms with Crippen molar-refractivity contribution < 1.29 is 28.5 Å². The smallest absolute Gasteiger partial charge is 0.169 e. The minimum atomic E-state index is -1.27. The molecule has 0 bridgehead atoms. The van der Waals surface area contributed by atoms with Gasteiger partial charge in [0.15, 0.2) is 11.6 Å². The fourth-order valence-electron chi connectivity index (χ4n) is 2.94. The number of benzene rings is 2. The molecule has 31 heavy (non-hydrogen) atoms. The molecule has 0 heterocycles. The van der Waals surface area contributed by atoms with E-state index in [-0.39, 0.29) is 11.6 Å². The predicted octanol–water partition coefficient (Wildman–Crippen LogP) is 4.61. The van der Waals surface area contributed by atoms with E-state index in [1.807, 2.05) is 0 Å². The highest BCUT2D eigenvalue weighted by Gasteiger charge is 2.32. The van der Waals surface area contributed by atoms with Gasteiger partial charge in [0.1, 0.15) is 23.0 Å². The lowest BCUT2D eigenvalue weighted by molar-refractivity contribution is -0.132. The van der Waals surface area contributed by atoms with E-state index in [0.717, 1.165) is 0 Å². The molecule has 0 amide bonds. The molecular formula is C25H28O6. The molecule has 6 heteroatoms. The zero-order valence-corrected chi connectivity index (χ0v) is 18.7. The number of carbonyl (C=O) groups is 2. The molecule has 0 aromatic heterocycles.